The average Bonchev–Trinajstić information content (AvgIpc) is 3.16. The maximum absolute atomic E-state index is 13.0. The normalized spacial score (nSPS) is 13.7. The smallest absolute Gasteiger partial charge is 0.343 e. The van der Waals surface area contributed by atoms with E-state index >= 15 is 0 Å². The minimum atomic E-state index is -0.481. The second kappa shape index (κ2) is 8.81. The van der Waals surface area contributed by atoms with Crippen molar-refractivity contribution in [3.8, 4) is 0 Å². The van der Waals surface area contributed by atoms with E-state index in [0.29, 0.717) is 45.7 Å². The summed E-state index contributed by atoms with van der Waals surface area (Å²) in [6.45, 7) is 6.05. The molecule has 10 nitrogen and oxygen atoms in total. The summed E-state index contributed by atoms with van der Waals surface area (Å²) in [5.74, 6) is -0.159. The zero-order valence-electron chi connectivity index (χ0n) is 18.7. The standard InChI is InChI=1S/C23H24N6O4/c1-4-5-11-27-22(30)17-8-6-7-16-19(10-9-18(21(16)17)23(27)31)26-25-14(2)13-28-15(3)24-12-20(28)29(32)33/h6-10,12,26H,4-5,11,13H2,1-3H3/b25-14+. The van der Waals surface area contributed by atoms with E-state index in [-0.39, 0.29) is 24.2 Å². The Morgan fingerprint density at radius 2 is 1.91 bits per heavy atom. The van der Waals surface area contributed by atoms with E-state index in [2.05, 4.69) is 15.5 Å². The molecule has 0 aliphatic carbocycles. The summed E-state index contributed by atoms with van der Waals surface area (Å²) in [5.41, 5.74) is 5.21. The van der Waals surface area contributed by atoms with Crippen molar-refractivity contribution >= 4 is 39.8 Å². The van der Waals surface area contributed by atoms with E-state index in [9.17, 15) is 19.7 Å². The molecule has 0 spiro atoms. The molecule has 4 rings (SSSR count). The molecular weight excluding hydrogens is 424 g/mol. The number of carbonyl (C=O) groups is 2. The first kappa shape index (κ1) is 22.1. The molecule has 0 saturated heterocycles. The third-order valence-electron chi connectivity index (χ3n) is 5.70. The van der Waals surface area contributed by atoms with E-state index in [4.69, 9.17) is 0 Å². The molecule has 2 amide bonds. The topological polar surface area (TPSA) is 123 Å². The highest BCUT2D eigenvalue weighted by atomic mass is 16.6. The summed E-state index contributed by atoms with van der Waals surface area (Å²) in [6.07, 6.45) is 2.86. The van der Waals surface area contributed by atoms with E-state index < -0.39 is 4.92 Å². The van der Waals surface area contributed by atoms with Crippen LogP contribution in [0.25, 0.3) is 10.8 Å². The molecule has 1 aliphatic heterocycles. The zero-order valence-corrected chi connectivity index (χ0v) is 18.7. The molecule has 1 aliphatic rings. The second-order valence-corrected chi connectivity index (χ2v) is 7.97. The van der Waals surface area contributed by atoms with Crippen molar-refractivity contribution in [2.24, 2.45) is 5.10 Å². The molecule has 170 valence electrons. The van der Waals surface area contributed by atoms with E-state index in [1.807, 2.05) is 13.0 Å². The van der Waals surface area contributed by atoms with Crippen LogP contribution in [0.3, 0.4) is 0 Å². The molecular formula is C23H24N6O4. The highest BCUT2D eigenvalue weighted by Crippen LogP contribution is 2.34. The first-order chi connectivity index (χ1) is 15.8. The third kappa shape index (κ3) is 3.95. The number of nitro groups is 1. The van der Waals surface area contributed by atoms with Crippen LogP contribution in [0.2, 0.25) is 0 Å². The van der Waals surface area contributed by atoms with Crippen LogP contribution in [-0.4, -0.2) is 43.4 Å². The van der Waals surface area contributed by atoms with Gasteiger partial charge in [-0.2, -0.15) is 5.10 Å². The van der Waals surface area contributed by atoms with Gasteiger partial charge >= 0.3 is 5.82 Å². The van der Waals surface area contributed by atoms with Crippen LogP contribution < -0.4 is 5.43 Å². The Morgan fingerprint density at radius 3 is 2.61 bits per heavy atom. The number of aromatic nitrogens is 2. The van der Waals surface area contributed by atoms with Crippen LogP contribution in [0.4, 0.5) is 11.5 Å². The van der Waals surface area contributed by atoms with Gasteiger partial charge in [-0.15, -0.1) is 0 Å². The molecule has 1 aromatic heterocycles. The third-order valence-corrected chi connectivity index (χ3v) is 5.70. The number of imidazole rings is 1. The minimum Gasteiger partial charge on any atom is -0.358 e. The summed E-state index contributed by atoms with van der Waals surface area (Å²) < 4.78 is 1.47. The quantitative estimate of drug-likeness (QED) is 0.239. The van der Waals surface area contributed by atoms with Gasteiger partial charge in [0.2, 0.25) is 0 Å². The number of aryl methyl sites for hydroxylation is 1. The fraction of sp³-hybridized carbons (Fsp3) is 0.304. The highest BCUT2D eigenvalue weighted by Gasteiger charge is 2.32. The number of unbranched alkanes of at least 4 members (excludes halogenated alkanes) is 1. The van der Waals surface area contributed by atoms with Gasteiger partial charge in [-0.05, 0) is 36.5 Å². The van der Waals surface area contributed by atoms with Gasteiger partial charge in [0.1, 0.15) is 12.7 Å². The number of hydrazone groups is 1. The number of amides is 2. The molecule has 0 atom stereocenters. The van der Waals surface area contributed by atoms with E-state index in [1.165, 1.54) is 15.7 Å². The predicted molar refractivity (Wildman–Crippen MR) is 125 cm³/mol. The Balaban J connectivity index is 1.65. The van der Waals surface area contributed by atoms with Gasteiger partial charge in [-0.1, -0.05) is 25.5 Å². The number of anilines is 1. The first-order valence-electron chi connectivity index (χ1n) is 10.7. The summed E-state index contributed by atoms with van der Waals surface area (Å²) >= 11 is 0. The lowest BCUT2D eigenvalue weighted by Crippen LogP contribution is -2.40. The Labute approximate surface area is 190 Å². The summed E-state index contributed by atoms with van der Waals surface area (Å²) in [5, 5.41) is 16.9. The number of imide groups is 1. The maximum atomic E-state index is 13.0. The van der Waals surface area contributed by atoms with Crippen molar-refractivity contribution in [3.05, 3.63) is 63.6 Å². The van der Waals surface area contributed by atoms with Crippen LogP contribution in [0.1, 0.15) is 53.2 Å². The van der Waals surface area contributed by atoms with Crippen molar-refractivity contribution in [2.45, 2.75) is 40.2 Å². The summed E-state index contributed by atoms with van der Waals surface area (Å²) in [7, 11) is 0. The van der Waals surface area contributed by atoms with Gasteiger partial charge < -0.3 is 10.1 Å². The molecule has 2 aromatic carbocycles. The van der Waals surface area contributed by atoms with Crippen LogP contribution >= 0.6 is 0 Å². The lowest BCUT2D eigenvalue weighted by Gasteiger charge is -2.27. The highest BCUT2D eigenvalue weighted by molar-refractivity contribution is 6.26. The predicted octanol–water partition coefficient (Wildman–Crippen LogP) is 4.14. The largest absolute Gasteiger partial charge is 0.358 e. The Kier molecular flexibility index (Phi) is 5.91. The number of benzene rings is 2. The van der Waals surface area contributed by atoms with Crippen molar-refractivity contribution in [1.29, 1.82) is 0 Å². The van der Waals surface area contributed by atoms with Crippen LogP contribution in [-0.2, 0) is 6.54 Å². The molecule has 0 radical (unpaired) electrons. The zero-order chi connectivity index (χ0) is 23.7. The van der Waals surface area contributed by atoms with Gasteiger partial charge in [-0.25, -0.2) is 9.55 Å². The Morgan fingerprint density at radius 1 is 1.18 bits per heavy atom. The van der Waals surface area contributed by atoms with E-state index in [0.717, 1.165) is 12.8 Å². The maximum Gasteiger partial charge on any atom is 0.343 e. The first-order valence-corrected chi connectivity index (χ1v) is 10.7. The molecule has 0 fully saturated rings. The number of rotatable bonds is 8. The Bertz CT molecular complexity index is 1290. The lowest BCUT2D eigenvalue weighted by molar-refractivity contribution is -0.392. The number of carbonyl (C=O) groups excluding carboxylic acids is 2. The molecule has 0 unspecified atom stereocenters. The molecule has 10 heteroatoms. The molecule has 33 heavy (non-hydrogen) atoms. The number of nitrogens with one attached hydrogen (secondary N) is 1. The second-order valence-electron chi connectivity index (χ2n) is 7.97. The minimum absolute atomic E-state index is 0.103. The summed E-state index contributed by atoms with van der Waals surface area (Å²) in [6, 6.07) is 8.82. The fourth-order valence-corrected chi connectivity index (χ4v) is 3.98. The van der Waals surface area contributed by atoms with Gasteiger partial charge in [0, 0.05) is 35.4 Å². The van der Waals surface area contributed by atoms with Crippen molar-refractivity contribution in [2.75, 3.05) is 12.0 Å². The monoisotopic (exact) mass is 448 g/mol. The van der Waals surface area contributed by atoms with Crippen molar-refractivity contribution in [3.63, 3.8) is 0 Å². The number of hydrogen-bond acceptors (Lipinski definition) is 7. The molecule has 2 heterocycles. The van der Waals surface area contributed by atoms with Crippen molar-refractivity contribution in [1.82, 2.24) is 14.5 Å². The molecule has 0 saturated carbocycles. The fourth-order valence-electron chi connectivity index (χ4n) is 3.98. The van der Waals surface area contributed by atoms with Crippen molar-refractivity contribution < 1.29 is 14.5 Å². The van der Waals surface area contributed by atoms with Gasteiger partial charge in [0.05, 0.1) is 11.4 Å². The SMILES string of the molecule is CCCCN1C(=O)c2cccc3c(N/N=C(\C)Cn4c([N+](=O)[O-])cnc4C)ccc(c23)C1=O. The molecule has 1 N–H and O–H groups in total. The number of nitrogens with zero attached hydrogens (tertiary/aromatic N) is 5. The van der Waals surface area contributed by atoms with Gasteiger partial charge in [0.15, 0.2) is 5.82 Å². The number of hydrogen-bond donors (Lipinski definition) is 1. The van der Waals surface area contributed by atoms with Gasteiger partial charge in [0.25, 0.3) is 11.8 Å². The van der Waals surface area contributed by atoms with Crippen LogP contribution in [0.15, 0.2) is 41.6 Å². The average molecular weight is 448 g/mol. The van der Waals surface area contributed by atoms with Gasteiger partial charge in [-0.3, -0.25) is 19.9 Å². The Hall–Kier alpha value is -4.08. The van der Waals surface area contributed by atoms with Crippen LogP contribution in [0, 0.1) is 17.0 Å². The molecule has 0 bridgehead atoms. The van der Waals surface area contributed by atoms with E-state index in [1.54, 1.807) is 38.1 Å². The molecule has 3 aromatic rings. The lowest BCUT2D eigenvalue weighted by atomic mass is 9.93. The van der Waals surface area contributed by atoms with Crippen LogP contribution in [0.5, 0.6) is 0 Å². The summed E-state index contributed by atoms with van der Waals surface area (Å²) in [4.78, 5) is 42.0.